The van der Waals surface area contributed by atoms with Crippen molar-refractivity contribution in [3.63, 3.8) is 0 Å². The van der Waals surface area contributed by atoms with Gasteiger partial charge >= 0.3 is 0 Å². The van der Waals surface area contributed by atoms with E-state index in [0.29, 0.717) is 6.61 Å². The van der Waals surface area contributed by atoms with Crippen LogP contribution in [-0.2, 0) is 13.0 Å². The van der Waals surface area contributed by atoms with Crippen molar-refractivity contribution in [1.82, 2.24) is 0 Å². The Morgan fingerprint density at radius 3 is 2.04 bits per heavy atom. The molecule has 0 amide bonds. The molecule has 0 aliphatic heterocycles. The number of rotatable bonds is 6. The van der Waals surface area contributed by atoms with Gasteiger partial charge in [-0.3, -0.25) is 0 Å². The van der Waals surface area contributed by atoms with Gasteiger partial charge in [-0.2, -0.15) is 0 Å². The predicted octanol–water partition coefficient (Wildman–Crippen LogP) is 5.73. The standard InChI is InChI=1S/C23H22O/c1-3-7-18(8-4-1)13-20-14-22(21-11-12-21)16-23(15-20)24-17-19-9-5-2-6-10-19/h1-10,14-16,21H,11-13,17H2. The summed E-state index contributed by atoms with van der Waals surface area (Å²) in [7, 11) is 0. The van der Waals surface area contributed by atoms with Gasteiger partial charge in [0.1, 0.15) is 12.4 Å². The van der Waals surface area contributed by atoms with Crippen LogP contribution in [0.15, 0.2) is 78.9 Å². The van der Waals surface area contributed by atoms with Crippen LogP contribution in [0.25, 0.3) is 0 Å². The molecule has 0 saturated heterocycles. The molecule has 24 heavy (non-hydrogen) atoms. The van der Waals surface area contributed by atoms with E-state index in [4.69, 9.17) is 4.74 Å². The summed E-state index contributed by atoms with van der Waals surface area (Å²) in [5, 5.41) is 0. The third-order valence-corrected chi connectivity index (χ3v) is 4.54. The van der Waals surface area contributed by atoms with Crippen LogP contribution >= 0.6 is 0 Å². The van der Waals surface area contributed by atoms with E-state index >= 15 is 0 Å². The maximum atomic E-state index is 6.09. The summed E-state index contributed by atoms with van der Waals surface area (Å²) in [5.74, 6) is 1.73. The highest BCUT2D eigenvalue weighted by Gasteiger charge is 2.24. The fraction of sp³-hybridized carbons (Fsp3) is 0.217. The van der Waals surface area contributed by atoms with Crippen molar-refractivity contribution in [3.8, 4) is 5.75 Å². The van der Waals surface area contributed by atoms with Crippen LogP contribution in [-0.4, -0.2) is 0 Å². The van der Waals surface area contributed by atoms with E-state index in [9.17, 15) is 0 Å². The topological polar surface area (TPSA) is 9.23 Å². The monoisotopic (exact) mass is 314 g/mol. The smallest absolute Gasteiger partial charge is 0.120 e. The van der Waals surface area contributed by atoms with E-state index in [1.165, 1.54) is 35.1 Å². The molecule has 1 heteroatoms. The van der Waals surface area contributed by atoms with Crippen molar-refractivity contribution in [2.75, 3.05) is 0 Å². The minimum absolute atomic E-state index is 0.625. The summed E-state index contributed by atoms with van der Waals surface area (Å²) in [6, 6.07) is 27.8. The van der Waals surface area contributed by atoms with Crippen LogP contribution < -0.4 is 4.74 Å². The first-order valence-corrected chi connectivity index (χ1v) is 8.71. The molecule has 1 aliphatic rings. The van der Waals surface area contributed by atoms with E-state index in [0.717, 1.165) is 18.1 Å². The molecule has 0 heterocycles. The van der Waals surface area contributed by atoms with Crippen LogP contribution in [0.4, 0.5) is 0 Å². The Morgan fingerprint density at radius 2 is 1.38 bits per heavy atom. The Bertz CT molecular complexity index is 789. The third-order valence-electron chi connectivity index (χ3n) is 4.54. The Balaban J connectivity index is 1.54. The molecule has 1 aliphatic carbocycles. The Kier molecular flexibility index (Phi) is 4.33. The fourth-order valence-electron chi connectivity index (χ4n) is 3.10. The highest BCUT2D eigenvalue weighted by atomic mass is 16.5. The molecular formula is C23H22O. The lowest BCUT2D eigenvalue weighted by Crippen LogP contribution is -1.98. The second-order valence-corrected chi connectivity index (χ2v) is 6.62. The number of hydrogen-bond acceptors (Lipinski definition) is 1. The first-order valence-electron chi connectivity index (χ1n) is 8.71. The molecule has 0 aromatic heterocycles. The largest absolute Gasteiger partial charge is 0.489 e. The van der Waals surface area contributed by atoms with Gasteiger partial charge in [0.2, 0.25) is 0 Å². The minimum atomic E-state index is 0.625. The van der Waals surface area contributed by atoms with Crippen LogP contribution in [0.1, 0.15) is 41.0 Å². The zero-order chi connectivity index (χ0) is 16.2. The van der Waals surface area contributed by atoms with Gasteiger partial charge in [-0.1, -0.05) is 66.7 Å². The minimum Gasteiger partial charge on any atom is -0.489 e. The predicted molar refractivity (Wildman–Crippen MR) is 98.4 cm³/mol. The zero-order valence-corrected chi connectivity index (χ0v) is 13.8. The number of ether oxygens (including phenoxy) is 1. The number of hydrogen-bond donors (Lipinski definition) is 0. The fourth-order valence-corrected chi connectivity index (χ4v) is 3.10. The van der Waals surface area contributed by atoms with Gasteiger partial charge in [-0.25, -0.2) is 0 Å². The molecule has 1 saturated carbocycles. The van der Waals surface area contributed by atoms with E-state index in [1.54, 1.807) is 0 Å². The third kappa shape index (κ3) is 3.86. The molecule has 0 unspecified atom stereocenters. The first-order chi connectivity index (χ1) is 11.9. The van der Waals surface area contributed by atoms with Gasteiger partial charge in [-0.05, 0) is 59.6 Å². The average Bonchev–Trinajstić information content (AvgIpc) is 3.47. The van der Waals surface area contributed by atoms with Gasteiger partial charge in [0, 0.05) is 0 Å². The molecule has 1 fully saturated rings. The normalized spacial score (nSPS) is 13.7. The van der Waals surface area contributed by atoms with Gasteiger partial charge < -0.3 is 4.74 Å². The SMILES string of the molecule is c1ccc(COc2cc(Cc3ccccc3)cc(C3CC3)c2)cc1. The van der Waals surface area contributed by atoms with Crippen molar-refractivity contribution in [3.05, 3.63) is 101 Å². The van der Waals surface area contributed by atoms with Crippen LogP contribution in [0.2, 0.25) is 0 Å². The summed E-state index contributed by atoms with van der Waals surface area (Å²) in [6.07, 6.45) is 3.59. The van der Waals surface area contributed by atoms with Crippen LogP contribution in [0.3, 0.4) is 0 Å². The second kappa shape index (κ2) is 6.92. The van der Waals surface area contributed by atoms with E-state index in [1.807, 2.05) is 6.07 Å². The molecule has 0 N–H and O–H groups in total. The van der Waals surface area contributed by atoms with Crippen LogP contribution in [0.5, 0.6) is 5.75 Å². The summed E-state index contributed by atoms with van der Waals surface area (Å²) in [6.45, 7) is 0.625. The van der Waals surface area contributed by atoms with Crippen molar-refractivity contribution >= 4 is 0 Å². The van der Waals surface area contributed by atoms with E-state index in [2.05, 4.69) is 72.8 Å². The second-order valence-electron chi connectivity index (χ2n) is 6.62. The summed E-state index contributed by atoms with van der Waals surface area (Å²) < 4.78 is 6.09. The summed E-state index contributed by atoms with van der Waals surface area (Å²) in [4.78, 5) is 0. The molecular weight excluding hydrogens is 292 g/mol. The number of benzene rings is 3. The lowest BCUT2D eigenvalue weighted by Gasteiger charge is -2.12. The van der Waals surface area contributed by atoms with Crippen molar-refractivity contribution in [2.45, 2.75) is 31.8 Å². The van der Waals surface area contributed by atoms with Crippen molar-refractivity contribution in [1.29, 1.82) is 0 Å². The highest BCUT2D eigenvalue weighted by molar-refractivity contribution is 5.40. The molecule has 0 bridgehead atoms. The quantitative estimate of drug-likeness (QED) is 0.564. The van der Waals surface area contributed by atoms with E-state index < -0.39 is 0 Å². The maximum absolute atomic E-state index is 6.09. The average molecular weight is 314 g/mol. The van der Waals surface area contributed by atoms with Crippen LogP contribution in [0, 0.1) is 0 Å². The lowest BCUT2D eigenvalue weighted by molar-refractivity contribution is 0.305. The molecule has 3 aromatic carbocycles. The molecule has 0 radical (unpaired) electrons. The lowest BCUT2D eigenvalue weighted by atomic mass is 10.0. The zero-order valence-electron chi connectivity index (χ0n) is 13.8. The Hall–Kier alpha value is -2.54. The van der Waals surface area contributed by atoms with E-state index in [-0.39, 0.29) is 0 Å². The van der Waals surface area contributed by atoms with Gasteiger partial charge in [0.05, 0.1) is 0 Å². The molecule has 1 nitrogen and oxygen atoms in total. The first kappa shape index (κ1) is 15.0. The van der Waals surface area contributed by atoms with Gasteiger partial charge in [0.25, 0.3) is 0 Å². The molecule has 3 aromatic rings. The van der Waals surface area contributed by atoms with Gasteiger partial charge in [-0.15, -0.1) is 0 Å². The molecule has 0 spiro atoms. The molecule has 4 rings (SSSR count). The highest BCUT2D eigenvalue weighted by Crippen LogP contribution is 2.41. The van der Waals surface area contributed by atoms with Crippen molar-refractivity contribution < 1.29 is 4.74 Å². The molecule has 0 atom stereocenters. The summed E-state index contributed by atoms with van der Waals surface area (Å²) in [5.41, 5.74) is 5.33. The summed E-state index contributed by atoms with van der Waals surface area (Å²) >= 11 is 0. The Morgan fingerprint density at radius 1 is 0.708 bits per heavy atom. The van der Waals surface area contributed by atoms with Gasteiger partial charge in [0.15, 0.2) is 0 Å². The Labute approximate surface area is 143 Å². The molecule has 120 valence electrons. The maximum Gasteiger partial charge on any atom is 0.120 e. The van der Waals surface area contributed by atoms with Crippen molar-refractivity contribution in [2.24, 2.45) is 0 Å².